The van der Waals surface area contributed by atoms with Gasteiger partial charge in [-0.15, -0.1) is 0 Å². The summed E-state index contributed by atoms with van der Waals surface area (Å²) in [4.78, 5) is 0. The van der Waals surface area contributed by atoms with Crippen LogP contribution < -0.4 is 0 Å². The maximum atomic E-state index is 9.95. The van der Waals surface area contributed by atoms with Crippen molar-refractivity contribution >= 4 is 290 Å². The summed E-state index contributed by atoms with van der Waals surface area (Å²) in [5.74, 6) is 0. The molecular formula is C12HCl25O. The molecule has 0 aliphatic rings. The molecule has 0 aliphatic carbocycles. The SMILES string of the molecule is OC(Cl)(Cl)C(Cl)(Cl)C(Cl)(Cl)C(Cl)(Cl)C(Cl)(Cl)C(Cl)(Cl)C(Cl)(Cl)C(Cl)(Cl)C(Cl)(Cl)C(Cl)(Cl)C(Cl)(Cl)C(Cl)(Cl)Cl. The Morgan fingerprint density at radius 3 is 0.474 bits per heavy atom. The van der Waals surface area contributed by atoms with Crippen molar-refractivity contribution < 1.29 is 5.11 Å². The highest BCUT2D eigenvalue weighted by Gasteiger charge is 2.85. The molecule has 0 spiro atoms. The fourth-order valence-electron chi connectivity index (χ4n) is 1.94. The fourth-order valence-corrected chi connectivity index (χ4v) is 9.78. The van der Waals surface area contributed by atoms with Gasteiger partial charge in [0.1, 0.15) is 0 Å². The summed E-state index contributed by atoms with van der Waals surface area (Å²) >= 11 is 153. The monoisotopic (exact) mass is 1040 g/mol. The Morgan fingerprint density at radius 1 is 0.211 bits per heavy atom. The first kappa shape index (κ1) is 45.2. The summed E-state index contributed by atoms with van der Waals surface area (Å²) in [6.07, 6.45) is 0. The second-order valence-corrected chi connectivity index (χ2v) is 23.6. The van der Waals surface area contributed by atoms with Gasteiger partial charge < -0.3 is 5.11 Å². The minimum Gasteiger partial charge on any atom is -0.360 e. The predicted octanol–water partition coefficient (Wildman–Crippen LogP) is 14.2. The van der Waals surface area contributed by atoms with E-state index in [1.807, 2.05) is 0 Å². The molecule has 26 heteroatoms. The molecule has 0 atom stereocenters. The van der Waals surface area contributed by atoms with E-state index in [4.69, 9.17) is 290 Å². The minimum absolute atomic E-state index is 2.76. The molecule has 230 valence electrons. The Labute approximate surface area is 341 Å². The summed E-state index contributed by atoms with van der Waals surface area (Å²) in [6.45, 7) is 0. The molecule has 0 radical (unpaired) electrons. The Bertz CT molecular complexity index is 798. The van der Waals surface area contributed by atoms with E-state index in [0.717, 1.165) is 0 Å². The van der Waals surface area contributed by atoms with Crippen LogP contribution in [0.15, 0.2) is 0 Å². The van der Waals surface area contributed by atoms with Crippen LogP contribution in [0.4, 0.5) is 0 Å². The van der Waals surface area contributed by atoms with E-state index in [9.17, 15) is 5.11 Å². The zero-order chi connectivity index (χ0) is 32.0. The Hall–Kier alpha value is 7.21. The summed E-state index contributed by atoms with van der Waals surface area (Å²) in [6, 6.07) is 0. The van der Waals surface area contributed by atoms with Gasteiger partial charge in [-0.2, -0.15) is 0 Å². The van der Waals surface area contributed by atoms with Gasteiger partial charge in [0.05, 0.1) is 0 Å². The Kier molecular flexibility index (Phi) is 15.7. The second-order valence-electron chi connectivity index (χ2n) is 6.78. The molecule has 0 rings (SSSR count). The van der Waals surface area contributed by atoms with E-state index in [-0.39, 0.29) is 0 Å². The van der Waals surface area contributed by atoms with Crippen molar-refractivity contribution in [1.82, 2.24) is 0 Å². The largest absolute Gasteiger partial charge is 0.360 e. The van der Waals surface area contributed by atoms with Crippen LogP contribution in [0, 0.1) is 0 Å². The van der Waals surface area contributed by atoms with Crippen molar-refractivity contribution in [3.8, 4) is 0 Å². The maximum absolute atomic E-state index is 9.95. The molecule has 38 heavy (non-hydrogen) atoms. The highest BCUT2D eigenvalue weighted by Crippen LogP contribution is 2.76. The highest BCUT2D eigenvalue weighted by atomic mass is 35.6. The van der Waals surface area contributed by atoms with Crippen molar-refractivity contribution in [3.05, 3.63) is 0 Å². The summed E-state index contributed by atoms with van der Waals surface area (Å²) in [5.41, 5.74) is 0. The molecule has 0 saturated heterocycles. The number of alkyl halides is 25. The standard InChI is InChI=1S/C12HCl25O/c13-1(14,3(17,18)5(21,22)7(25,26)9(29,30)11(33,34)35)2(15,16)4(19,20)6(23,24)8(27,28)10(31,32)12(36,37)38/h38H. The molecular weight excluding hydrogens is 1050 g/mol. The van der Waals surface area contributed by atoms with Crippen molar-refractivity contribution in [2.45, 2.75) is 51.6 Å². The first-order valence-corrected chi connectivity index (χ1v) is 17.1. The number of aliphatic hydroxyl groups is 1. The molecule has 0 aromatic rings. The van der Waals surface area contributed by atoms with E-state index in [0.29, 0.717) is 0 Å². The topological polar surface area (TPSA) is 20.2 Å². The summed E-state index contributed by atoms with van der Waals surface area (Å²) in [5, 5.41) is 9.95. The van der Waals surface area contributed by atoms with Crippen molar-refractivity contribution in [2.75, 3.05) is 0 Å². The van der Waals surface area contributed by atoms with Gasteiger partial charge in [0.25, 0.3) is 4.52 Å². The molecule has 0 saturated carbocycles. The van der Waals surface area contributed by atoms with Crippen LogP contribution in [0.1, 0.15) is 0 Å². The molecule has 0 bridgehead atoms. The van der Waals surface area contributed by atoms with Crippen LogP contribution in [-0.4, -0.2) is 56.8 Å². The lowest BCUT2D eigenvalue weighted by Crippen LogP contribution is -2.74. The third-order valence-corrected chi connectivity index (χ3v) is 21.5. The molecule has 0 unspecified atom stereocenters. The van der Waals surface area contributed by atoms with Gasteiger partial charge >= 0.3 is 0 Å². The second kappa shape index (κ2) is 13.2. The van der Waals surface area contributed by atoms with Crippen LogP contribution in [0.2, 0.25) is 0 Å². The molecule has 1 N–H and O–H groups in total. The third-order valence-electron chi connectivity index (χ3n) is 4.28. The van der Waals surface area contributed by atoms with Crippen LogP contribution in [0.3, 0.4) is 0 Å². The average molecular weight is 1050 g/mol. The van der Waals surface area contributed by atoms with Gasteiger partial charge in [-0.25, -0.2) is 0 Å². The van der Waals surface area contributed by atoms with Crippen molar-refractivity contribution in [1.29, 1.82) is 0 Å². The van der Waals surface area contributed by atoms with Crippen molar-refractivity contribution in [2.24, 2.45) is 0 Å². The van der Waals surface area contributed by atoms with E-state index >= 15 is 0 Å². The van der Waals surface area contributed by atoms with E-state index < -0.39 is 51.6 Å². The van der Waals surface area contributed by atoms with Gasteiger partial charge in [-0.3, -0.25) is 0 Å². The number of halogens is 25. The molecule has 0 aliphatic heterocycles. The van der Waals surface area contributed by atoms with Gasteiger partial charge in [-0.05, 0) is 0 Å². The molecule has 0 amide bonds. The molecule has 0 aromatic heterocycles. The predicted molar refractivity (Wildman–Crippen MR) is 181 cm³/mol. The number of hydrogen-bond donors (Lipinski definition) is 1. The summed E-state index contributed by atoms with van der Waals surface area (Å²) < 4.78 is -38.7. The minimum atomic E-state index is -3.41. The molecule has 1 nitrogen and oxygen atoms in total. The number of rotatable bonds is 10. The quantitative estimate of drug-likeness (QED) is 0.216. The van der Waals surface area contributed by atoms with Gasteiger partial charge in [-0.1, -0.05) is 290 Å². The van der Waals surface area contributed by atoms with Gasteiger partial charge in [0.15, 0.2) is 34.7 Å². The lowest BCUT2D eigenvalue weighted by Gasteiger charge is -2.57. The third kappa shape index (κ3) is 6.82. The molecule has 0 fully saturated rings. The van der Waals surface area contributed by atoms with Crippen LogP contribution in [0.5, 0.6) is 0 Å². The average Bonchev–Trinajstić information content (AvgIpc) is 2.64. The van der Waals surface area contributed by atoms with Crippen LogP contribution in [-0.2, 0) is 0 Å². The Morgan fingerprint density at radius 2 is 0.342 bits per heavy atom. The lowest BCUT2D eigenvalue weighted by atomic mass is 9.99. The Balaban J connectivity index is 7.29. The van der Waals surface area contributed by atoms with Gasteiger partial charge in [0, 0.05) is 0 Å². The fraction of sp³-hybridized carbons (Fsp3) is 1.00. The van der Waals surface area contributed by atoms with Gasteiger partial charge in [0.2, 0.25) is 12.5 Å². The number of hydrogen-bond acceptors (Lipinski definition) is 1. The first-order valence-electron chi connectivity index (χ1n) is 7.70. The molecule has 0 aromatic carbocycles. The van der Waals surface area contributed by atoms with E-state index in [1.54, 1.807) is 0 Å². The van der Waals surface area contributed by atoms with Crippen LogP contribution in [0.25, 0.3) is 0 Å². The van der Waals surface area contributed by atoms with E-state index in [2.05, 4.69) is 0 Å². The van der Waals surface area contributed by atoms with Crippen LogP contribution >= 0.6 is 290 Å². The van der Waals surface area contributed by atoms with E-state index in [1.165, 1.54) is 0 Å². The normalized spacial score (nSPS) is 17.2. The molecule has 0 heterocycles. The first-order chi connectivity index (χ1) is 15.8. The summed E-state index contributed by atoms with van der Waals surface area (Å²) in [7, 11) is 0. The lowest BCUT2D eigenvalue weighted by molar-refractivity contribution is 0.181. The highest BCUT2D eigenvalue weighted by molar-refractivity contribution is 6.84. The zero-order valence-corrected chi connectivity index (χ0v) is 34.8. The zero-order valence-electron chi connectivity index (χ0n) is 15.9. The smallest absolute Gasteiger partial charge is 0.251 e. The maximum Gasteiger partial charge on any atom is 0.251 e. The van der Waals surface area contributed by atoms with Crippen molar-refractivity contribution in [3.63, 3.8) is 0 Å².